The van der Waals surface area contributed by atoms with E-state index in [0.29, 0.717) is 26.3 Å². The molecule has 2 saturated heterocycles. The molecule has 0 atom stereocenters. The molecule has 1 aromatic carbocycles. The number of imide groups is 1. The molecule has 2 aliphatic rings. The van der Waals surface area contributed by atoms with Crippen molar-refractivity contribution in [2.75, 3.05) is 36.1 Å². The van der Waals surface area contributed by atoms with Crippen LogP contribution in [0, 0.1) is 0 Å². The highest BCUT2D eigenvalue weighted by atomic mass is 19.4. The number of hydrogen-bond acceptors (Lipinski definition) is 6. The van der Waals surface area contributed by atoms with Crippen molar-refractivity contribution in [1.29, 1.82) is 0 Å². The summed E-state index contributed by atoms with van der Waals surface area (Å²) in [5, 5.41) is 0. The monoisotopic (exact) mass is 464 g/mol. The van der Waals surface area contributed by atoms with Crippen molar-refractivity contribution < 1.29 is 32.2 Å². The fraction of sp³-hybridized carbons (Fsp3) is 0.409. The SMILES string of the molecule is CC1(C)C(=O)N(c2ccc(OC(F)(F)F)cc2)C(=O)N1Cc1ccncc1N1CCOCC1. The van der Waals surface area contributed by atoms with Crippen LogP contribution >= 0.6 is 0 Å². The minimum Gasteiger partial charge on any atom is -0.406 e. The minimum atomic E-state index is -4.83. The van der Waals surface area contributed by atoms with Gasteiger partial charge in [0.2, 0.25) is 0 Å². The van der Waals surface area contributed by atoms with Gasteiger partial charge >= 0.3 is 12.4 Å². The molecule has 0 unspecified atom stereocenters. The van der Waals surface area contributed by atoms with Crippen LogP contribution in [0.15, 0.2) is 42.7 Å². The number of urea groups is 1. The first kappa shape index (κ1) is 22.8. The number of carbonyl (C=O) groups is 2. The van der Waals surface area contributed by atoms with E-state index in [-0.39, 0.29) is 12.2 Å². The van der Waals surface area contributed by atoms with Crippen LogP contribution in [0.4, 0.5) is 29.3 Å². The van der Waals surface area contributed by atoms with Crippen LogP contribution in [0.5, 0.6) is 5.75 Å². The van der Waals surface area contributed by atoms with Gasteiger partial charge in [0.25, 0.3) is 5.91 Å². The van der Waals surface area contributed by atoms with E-state index in [2.05, 4.69) is 14.6 Å². The molecule has 0 radical (unpaired) electrons. The van der Waals surface area contributed by atoms with Crippen molar-refractivity contribution >= 4 is 23.3 Å². The van der Waals surface area contributed by atoms with Gasteiger partial charge in [-0.3, -0.25) is 9.78 Å². The van der Waals surface area contributed by atoms with Crippen molar-refractivity contribution in [3.8, 4) is 5.75 Å². The molecule has 0 aliphatic carbocycles. The molecule has 176 valence electrons. The first-order chi connectivity index (χ1) is 15.6. The van der Waals surface area contributed by atoms with Gasteiger partial charge in [-0.15, -0.1) is 13.2 Å². The summed E-state index contributed by atoms with van der Waals surface area (Å²) in [4.78, 5) is 35.2. The maximum absolute atomic E-state index is 13.3. The molecule has 33 heavy (non-hydrogen) atoms. The summed E-state index contributed by atoms with van der Waals surface area (Å²) in [6.45, 7) is 6.00. The van der Waals surface area contributed by atoms with Crippen molar-refractivity contribution in [2.45, 2.75) is 32.3 Å². The number of aromatic nitrogens is 1. The Bertz CT molecular complexity index is 1040. The molecule has 3 amide bonds. The molecule has 4 rings (SSSR count). The number of pyridine rings is 1. The standard InChI is InChI=1S/C22H23F3N4O4/c1-21(2)19(30)29(16-3-5-17(6-4-16)33-22(23,24)25)20(31)28(21)14-15-7-8-26-13-18(15)27-9-11-32-12-10-27/h3-8,13H,9-12,14H2,1-2H3. The van der Waals surface area contributed by atoms with Gasteiger partial charge in [-0.2, -0.15) is 0 Å². The Kier molecular flexibility index (Phi) is 5.91. The summed E-state index contributed by atoms with van der Waals surface area (Å²) in [6.07, 6.45) is -1.47. The molecular formula is C22H23F3N4O4. The predicted molar refractivity (Wildman–Crippen MR) is 113 cm³/mol. The smallest absolute Gasteiger partial charge is 0.406 e. The second-order valence-corrected chi connectivity index (χ2v) is 8.21. The van der Waals surface area contributed by atoms with Gasteiger partial charge in [0.15, 0.2) is 0 Å². The average molecular weight is 464 g/mol. The van der Waals surface area contributed by atoms with E-state index < -0.39 is 29.6 Å². The van der Waals surface area contributed by atoms with Crippen LogP contribution in [0.25, 0.3) is 0 Å². The van der Waals surface area contributed by atoms with E-state index in [4.69, 9.17) is 4.74 Å². The lowest BCUT2D eigenvalue weighted by atomic mass is 10.0. The average Bonchev–Trinajstić information content (AvgIpc) is 2.94. The highest BCUT2D eigenvalue weighted by Gasteiger charge is 2.52. The molecular weight excluding hydrogens is 441 g/mol. The molecule has 2 fully saturated rings. The number of benzene rings is 1. The Morgan fingerprint density at radius 2 is 1.76 bits per heavy atom. The molecule has 1 aromatic heterocycles. The number of alkyl halides is 3. The summed E-state index contributed by atoms with van der Waals surface area (Å²) >= 11 is 0. The van der Waals surface area contributed by atoms with Crippen LogP contribution in [-0.2, 0) is 16.1 Å². The van der Waals surface area contributed by atoms with E-state index in [1.807, 2.05) is 6.07 Å². The summed E-state index contributed by atoms with van der Waals surface area (Å²) < 4.78 is 46.6. The Balaban J connectivity index is 1.59. The van der Waals surface area contributed by atoms with Crippen LogP contribution in [-0.4, -0.2) is 60.0 Å². The lowest BCUT2D eigenvalue weighted by Crippen LogP contribution is -2.44. The second kappa shape index (κ2) is 8.54. The molecule has 2 aliphatic heterocycles. The zero-order valence-electron chi connectivity index (χ0n) is 18.1. The van der Waals surface area contributed by atoms with Gasteiger partial charge in [-0.05, 0) is 49.7 Å². The zero-order valence-corrected chi connectivity index (χ0v) is 18.1. The first-order valence-electron chi connectivity index (χ1n) is 10.4. The predicted octanol–water partition coefficient (Wildman–Crippen LogP) is 3.56. The summed E-state index contributed by atoms with van der Waals surface area (Å²) in [7, 11) is 0. The summed E-state index contributed by atoms with van der Waals surface area (Å²) in [5.74, 6) is -0.910. The zero-order chi connectivity index (χ0) is 23.8. The van der Waals surface area contributed by atoms with Crippen molar-refractivity contribution in [3.63, 3.8) is 0 Å². The molecule has 3 heterocycles. The number of morpholine rings is 1. The quantitative estimate of drug-likeness (QED) is 0.630. The molecule has 11 heteroatoms. The molecule has 2 aromatic rings. The third kappa shape index (κ3) is 4.58. The number of carbonyl (C=O) groups excluding carboxylic acids is 2. The van der Waals surface area contributed by atoms with Crippen LogP contribution < -0.4 is 14.5 Å². The van der Waals surface area contributed by atoms with Crippen LogP contribution in [0.2, 0.25) is 0 Å². The van der Waals surface area contributed by atoms with Gasteiger partial charge in [0.1, 0.15) is 11.3 Å². The maximum Gasteiger partial charge on any atom is 0.573 e. The number of halogens is 3. The Morgan fingerprint density at radius 1 is 1.09 bits per heavy atom. The van der Waals surface area contributed by atoms with Gasteiger partial charge in [-0.25, -0.2) is 9.69 Å². The van der Waals surface area contributed by atoms with E-state index in [9.17, 15) is 22.8 Å². The summed E-state index contributed by atoms with van der Waals surface area (Å²) in [6, 6.07) is 5.89. The third-order valence-electron chi connectivity index (χ3n) is 5.72. The topological polar surface area (TPSA) is 75.2 Å². The fourth-order valence-electron chi connectivity index (χ4n) is 3.93. The first-order valence-corrected chi connectivity index (χ1v) is 10.4. The van der Waals surface area contributed by atoms with Crippen molar-refractivity contribution in [1.82, 2.24) is 9.88 Å². The highest BCUT2D eigenvalue weighted by molar-refractivity contribution is 6.22. The van der Waals surface area contributed by atoms with Gasteiger partial charge in [0, 0.05) is 19.3 Å². The molecule has 0 spiro atoms. The van der Waals surface area contributed by atoms with Crippen molar-refractivity contribution in [2.24, 2.45) is 0 Å². The number of hydrogen-bond donors (Lipinski definition) is 0. The third-order valence-corrected chi connectivity index (χ3v) is 5.72. The van der Waals surface area contributed by atoms with Crippen molar-refractivity contribution in [3.05, 3.63) is 48.3 Å². The number of ether oxygens (including phenoxy) is 2. The summed E-state index contributed by atoms with van der Waals surface area (Å²) in [5.41, 5.74) is 0.697. The second-order valence-electron chi connectivity index (χ2n) is 8.21. The Morgan fingerprint density at radius 3 is 2.39 bits per heavy atom. The Hall–Kier alpha value is -3.34. The van der Waals surface area contributed by atoms with Gasteiger partial charge in [0.05, 0.1) is 37.3 Å². The van der Waals surface area contributed by atoms with Gasteiger partial charge < -0.3 is 19.3 Å². The van der Waals surface area contributed by atoms with E-state index in [1.165, 1.54) is 17.0 Å². The van der Waals surface area contributed by atoms with Crippen LogP contribution in [0.1, 0.15) is 19.4 Å². The normalized spacial score (nSPS) is 18.8. The number of anilines is 2. The molecule has 0 N–H and O–H groups in total. The molecule has 0 saturated carbocycles. The van der Waals surface area contributed by atoms with E-state index in [0.717, 1.165) is 28.3 Å². The fourth-order valence-corrected chi connectivity index (χ4v) is 3.93. The number of rotatable bonds is 5. The van der Waals surface area contributed by atoms with E-state index in [1.54, 1.807) is 26.2 Å². The van der Waals surface area contributed by atoms with E-state index >= 15 is 0 Å². The lowest BCUT2D eigenvalue weighted by Gasteiger charge is -2.33. The largest absolute Gasteiger partial charge is 0.573 e. The maximum atomic E-state index is 13.3. The molecule has 8 nitrogen and oxygen atoms in total. The Labute approximate surface area is 188 Å². The lowest BCUT2D eigenvalue weighted by molar-refractivity contribution is -0.274. The van der Waals surface area contributed by atoms with Crippen LogP contribution in [0.3, 0.4) is 0 Å². The number of nitrogens with zero attached hydrogens (tertiary/aromatic N) is 4. The highest BCUT2D eigenvalue weighted by Crippen LogP contribution is 2.35. The molecule has 0 bridgehead atoms. The van der Waals surface area contributed by atoms with Gasteiger partial charge in [-0.1, -0.05) is 0 Å². The number of amides is 3. The minimum absolute atomic E-state index is 0.165.